The summed E-state index contributed by atoms with van der Waals surface area (Å²) < 4.78 is 5.08. The van der Waals surface area contributed by atoms with E-state index in [-0.39, 0.29) is 11.5 Å². The quantitative estimate of drug-likeness (QED) is 0.773. The fraction of sp³-hybridized carbons (Fsp3) is 0.235. The van der Waals surface area contributed by atoms with E-state index >= 15 is 0 Å². The highest BCUT2D eigenvalue weighted by Gasteiger charge is 2.22. The van der Waals surface area contributed by atoms with Crippen LogP contribution in [-0.2, 0) is 14.3 Å². The Bertz CT molecular complexity index is 832. The summed E-state index contributed by atoms with van der Waals surface area (Å²) in [5.74, 6) is -1.43. The first kappa shape index (κ1) is 19.0. The molecular weight excluding hydrogens is 364 g/mol. The van der Waals surface area contributed by atoms with Crippen LogP contribution in [0.2, 0.25) is 5.02 Å². The Morgan fingerprint density at radius 3 is 2.56 bits per heavy atom. The maximum absolute atomic E-state index is 12.3. The van der Waals surface area contributed by atoms with E-state index in [1.807, 2.05) is 6.92 Å². The predicted molar refractivity (Wildman–Crippen MR) is 98.5 cm³/mol. The van der Waals surface area contributed by atoms with Crippen LogP contribution in [0.1, 0.15) is 27.7 Å². The van der Waals surface area contributed by atoms with Gasteiger partial charge in [0.1, 0.15) is 5.00 Å². The molecule has 2 amide bonds. The lowest BCUT2D eigenvalue weighted by Crippen LogP contribution is -2.21. The minimum Gasteiger partial charge on any atom is -0.452 e. The molecule has 1 aromatic heterocycles. The van der Waals surface area contributed by atoms with Gasteiger partial charge in [0, 0.05) is 22.5 Å². The van der Waals surface area contributed by atoms with E-state index < -0.39 is 18.5 Å². The molecule has 0 atom stereocenters. The number of hydrogen-bond acceptors (Lipinski definition) is 5. The van der Waals surface area contributed by atoms with E-state index in [2.05, 4.69) is 10.6 Å². The van der Waals surface area contributed by atoms with Crippen molar-refractivity contribution >= 4 is 51.4 Å². The molecule has 0 aliphatic carbocycles. The lowest BCUT2D eigenvalue weighted by molar-refractivity contribution is -0.119. The molecule has 25 heavy (non-hydrogen) atoms. The molecule has 0 saturated carbocycles. The molecule has 0 saturated heterocycles. The van der Waals surface area contributed by atoms with Gasteiger partial charge in [-0.25, -0.2) is 4.79 Å². The molecule has 8 heteroatoms. The van der Waals surface area contributed by atoms with Crippen molar-refractivity contribution < 1.29 is 19.1 Å². The molecule has 2 N–H and O–H groups in total. The van der Waals surface area contributed by atoms with Crippen molar-refractivity contribution in [3.8, 4) is 0 Å². The number of benzene rings is 1. The van der Waals surface area contributed by atoms with Crippen LogP contribution in [0.5, 0.6) is 0 Å². The van der Waals surface area contributed by atoms with Gasteiger partial charge in [0.15, 0.2) is 6.61 Å². The normalized spacial score (nSPS) is 10.2. The molecule has 0 aliphatic heterocycles. The first-order valence-electron chi connectivity index (χ1n) is 7.38. The number of anilines is 2. The zero-order valence-electron chi connectivity index (χ0n) is 13.9. The van der Waals surface area contributed by atoms with Gasteiger partial charge in [0.2, 0.25) is 5.91 Å². The number of carbonyl (C=O) groups is 3. The first-order valence-corrected chi connectivity index (χ1v) is 8.57. The lowest BCUT2D eigenvalue weighted by atomic mass is 10.1. The molecule has 0 aliphatic rings. The van der Waals surface area contributed by atoms with Gasteiger partial charge >= 0.3 is 5.97 Å². The zero-order chi connectivity index (χ0) is 18.6. The summed E-state index contributed by atoms with van der Waals surface area (Å²) in [6.45, 7) is 4.52. The molecule has 1 aromatic carbocycles. The summed E-state index contributed by atoms with van der Waals surface area (Å²) in [7, 11) is 0. The molecule has 0 fully saturated rings. The predicted octanol–water partition coefficient (Wildman–Crippen LogP) is 3.77. The van der Waals surface area contributed by atoms with Crippen molar-refractivity contribution in [2.45, 2.75) is 20.8 Å². The van der Waals surface area contributed by atoms with Crippen molar-refractivity contribution in [3.05, 3.63) is 45.3 Å². The van der Waals surface area contributed by atoms with Crippen LogP contribution in [-0.4, -0.2) is 24.4 Å². The van der Waals surface area contributed by atoms with Gasteiger partial charge in [-0.05, 0) is 37.6 Å². The molecule has 0 spiro atoms. The zero-order valence-corrected chi connectivity index (χ0v) is 15.5. The van der Waals surface area contributed by atoms with Crippen molar-refractivity contribution in [1.29, 1.82) is 0 Å². The summed E-state index contributed by atoms with van der Waals surface area (Å²) in [5.41, 5.74) is 1.50. The molecule has 0 radical (unpaired) electrons. The smallest absolute Gasteiger partial charge is 0.341 e. The minimum absolute atomic E-state index is 0.272. The van der Waals surface area contributed by atoms with Crippen LogP contribution >= 0.6 is 22.9 Å². The second kappa shape index (κ2) is 8.13. The van der Waals surface area contributed by atoms with E-state index in [1.54, 1.807) is 31.2 Å². The number of hydrogen-bond donors (Lipinski definition) is 2. The Labute approximate surface area is 154 Å². The van der Waals surface area contributed by atoms with Crippen molar-refractivity contribution in [1.82, 2.24) is 0 Å². The molecule has 0 unspecified atom stereocenters. The number of carbonyl (C=O) groups excluding carboxylic acids is 3. The van der Waals surface area contributed by atoms with E-state index in [4.69, 9.17) is 16.3 Å². The van der Waals surface area contributed by atoms with Crippen LogP contribution in [0.25, 0.3) is 0 Å². The number of thiophene rings is 1. The number of amides is 2. The summed E-state index contributed by atoms with van der Waals surface area (Å²) in [6.07, 6.45) is 0. The van der Waals surface area contributed by atoms with Gasteiger partial charge < -0.3 is 15.4 Å². The lowest BCUT2D eigenvalue weighted by Gasteiger charge is -2.08. The molecule has 6 nitrogen and oxygen atoms in total. The van der Waals surface area contributed by atoms with Gasteiger partial charge in [-0.1, -0.05) is 17.7 Å². The number of esters is 1. The van der Waals surface area contributed by atoms with Gasteiger partial charge in [-0.3, -0.25) is 9.59 Å². The standard InChI is InChI=1S/C17H17ClN2O4S/c1-9-10(2)25-16(19-11(3)21)15(9)17(23)24-8-14(22)20-13-6-4-5-12(18)7-13/h4-7H,8H2,1-3H3,(H,19,21)(H,20,22). The fourth-order valence-corrected chi connectivity index (χ4v) is 3.37. The Balaban J connectivity index is 2.02. The third-order valence-electron chi connectivity index (χ3n) is 3.32. The van der Waals surface area contributed by atoms with Crippen LogP contribution in [0, 0.1) is 13.8 Å². The SMILES string of the molecule is CC(=O)Nc1sc(C)c(C)c1C(=O)OCC(=O)Nc1cccc(Cl)c1. The van der Waals surface area contributed by atoms with E-state index in [0.717, 1.165) is 4.88 Å². The summed E-state index contributed by atoms with van der Waals surface area (Å²) >= 11 is 7.13. The average Bonchev–Trinajstić information content (AvgIpc) is 2.78. The highest BCUT2D eigenvalue weighted by molar-refractivity contribution is 7.16. The third kappa shape index (κ3) is 5.04. The average molecular weight is 381 g/mol. The Hall–Kier alpha value is -2.38. The molecule has 1 heterocycles. The number of aryl methyl sites for hydroxylation is 1. The Morgan fingerprint density at radius 1 is 1.20 bits per heavy atom. The van der Waals surface area contributed by atoms with Gasteiger partial charge in [0.25, 0.3) is 5.91 Å². The highest BCUT2D eigenvalue weighted by atomic mass is 35.5. The topological polar surface area (TPSA) is 84.5 Å². The Kier molecular flexibility index (Phi) is 6.17. The molecule has 0 bridgehead atoms. The van der Waals surface area contributed by atoms with Gasteiger partial charge in [0.05, 0.1) is 5.56 Å². The van der Waals surface area contributed by atoms with E-state index in [1.165, 1.54) is 18.3 Å². The maximum atomic E-state index is 12.3. The largest absolute Gasteiger partial charge is 0.452 e. The second-order valence-electron chi connectivity index (χ2n) is 5.30. The number of rotatable bonds is 5. The monoisotopic (exact) mass is 380 g/mol. The van der Waals surface area contributed by atoms with Crippen LogP contribution in [0.4, 0.5) is 10.7 Å². The summed E-state index contributed by atoms with van der Waals surface area (Å²) in [5, 5.41) is 6.11. The molecular formula is C17H17ClN2O4S. The van der Waals surface area contributed by atoms with Gasteiger partial charge in [-0.2, -0.15) is 0 Å². The highest BCUT2D eigenvalue weighted by Crippen LogP contribution is 2.33. The molecule has 132 valence electrons. The maximum Gasteiger partial charge on any atom is 0.341 e. The number of ether oxygens (including phenoxy) is 1. The molecule has 2 aromatic rings. The van der Waals surface area contributed by atoms with E-state index in [0.29, 0.717) is 21.3 Å². The fourth-order valence-electron chi connectivity index (χ4n) is 2.09. The van der Waals surface area contributed by atoms with Crippen LogP contribution < -0.4 is 10.6 Å². The third-order valence-corrected chi connectivity index (χ3v) is 4.68. The van der Waals surface area contributed by atoms with Crippen LogP contribution in [0.15, 0.2) is 24.3 Å². The number of nitrogens with one attached hydrogen (secondary N) is 2. The van der Waals surface area contributed by atoms with Crippen molar-refractivity contribution in [2.24, 2.45) is 0 Å². The Morgan fingerprint density at radius 2 is 1.92 bits per heavy atom. The summed E-state index contributed by atoms with van der Waals surface area (Å²) in [6, 6.07) is 6.64. The van der Waals surface area contributed by atoms with Crippen molar-refractivity contribution in [3.63, 3.8) is 0 Å². The van der Waals surface area contributed by atoms with Gasteiger partial charge in [-0.15, -0.1) is 11.3 Å². The summed E-state index contributed by atoms with van der Waals surface area (Å²) in [4.78, 5) is 36.4. The molecule has 2 rings (SSSR count). The minimum atomic E-state index is -0.660. The van der Waals surface area contributed by atoms with Crippen molar-refractivity contribution in [2.75, 3.05) is 17.2 Å². The van der Waals surface area contributed by atoms with E-state index in [9.17, 15) is 14.4 Å². The number of halogens is 1. The van der Waals surface area contributed by atoms with Crippen LogP contribution in [0.3, 0.4) is 0 Å². The first-order chi connectivity index (χ1) is 11.8. The second-order valence-corrected chi connectivity index (χ2v) is 6.96.